The Labute approximate surface area is 288 Å². The van der Waals surface area contributed by atoms with Gasteiger partial charge in [-0.25, -0.2) is 15.3 Å². The Hall–Kier alpha value is -4.59. The minimum atomic E-state index is -1.03. The van der Waals surface area contributed by atoms with E-state index in [2.05, 4.69) is 10.3 Å². The third-order valence-electron chi connectivity index (χ3n) is 8.19. The second kappa shape index (κ2) is 17.7. The summed E-state index contributed by atoms with van der Waals surface area (Å²) in [7, 11) is 0. The van der Waals surface area contributed by atoms with Gasteiger partial charge in [-0.2, -0.15) is 0 Å². The van der Waals surface area contributed by atoms with Gasteiger partial charge in [-0.3, -0.25) is 14.8 Å². The number of pyridine rings is 1. The lowest BCUT2D eigenvalue weighted by Gasteiger charge is -2.36. The van der Waals surface area contributed by atoms with Crippen LogP contribution in [-0.2, 0) is 32.2 Å². The average Bonchev–Trinajstić information content (AvgIpc) is 3.15. The largest absolute Gasteiger partial charge is 0.478 e. The SMILES string of the molecule is O=C(CCCCC(=O)NCc1ccccc1-c1ccc([C@@H]2O[C@H](CSc3ncccc3C(=O)O)C[C@H](c3ccc(CO)cc3)O2)cc1)NO. The van der Waals surface area contributed by atoms with Crippen molar-refractivity contribution in [3.8, 4) is 11.1 Å². The van der Waals surface area contributed by atoms with Crippen LogP contribution in [0.1, 0.15) is 77.1 Å². The number of hydrogen-bond acceptors (Lipinski definition) is 9. The zero-order valence-corrected chi connectivity index (χ0v) is 27.6. The van der Waals surface area contributed by atoms with Gasteiger partial charge < -0.3 is 25.0 Å². The van der Waals surface area contributed by atoms with Gasteiger partial charge in [-0.05, 0) is 52.8 Å². The van der Waals surface area contributed by atoms with Crippen molar-refractivity contribution in [2.75, 3.05) is 5.75 Å². The number of rotatable bonds is 15. The molecule has 0 unspecified atom stereocenters. The topological polar surface area (TPSA) is 167 Å². The molecule has 0 spiro atoms. The predicted molar refractivity (Wildman–Crippen MR) is 182 cm³/mol. The van der Waals surface area contributed by atoms with Crippen molar-refractivity contribution in [3.63, 3.8) is 0 Å². The van der Waals surface area contributed by atoms with Gasteiger partial charge in [0.25, 0.3) is 0 Å². The van der Waals surface area contributed by atoms with Crippen LogP contribution >= 0.6 is 11.8 Å². The summed E-state index contributed by atoms with van der Waals surface area (Å²) in [6.07, 6.45) is 2.36. The molecule has 0 aliphatic carbocycles. The van der Waals surface area contributed by atoms with E-state index in [0.29, 0.717) is 36.6 Å². The molecule has 256 valence electrons. The van der Waals surface area contributed by atoms with Crippen molar-refractivity contribution in [2.45, 2.75) is 68.8 Å². The van der Waals surface area contributed by atoms with Gasteiger partial charge in [-0.15, -0.1) is 11.8 Å². The number of hydrogen-bond donors (Lipinski definition) is 5. The minimum absolute atomic E-state index is 0.0535. The number of aromatic carboxylic acids is 1. The molecule has 3 aromatic carbocycles. The van der Waals surface area contributed by atoms with Gasteiger partial charge in [0, 0.05) is 43.3 Å². The number of ether oxygens (including phenoxy) is 2. The molecule has 11 nitrogen and oxygen atoms in total. The molecular formula is C37H39N3O8S. The summed E-state index contributed by atoms with van der Waals surface area (Å²) >= 11 is 1.34. The minimum Gasteiger partial charge on any atom is -0.478 e. The number of benzene rings is 3. The molecule has 4 aromatic rings. The Morgan fingerprint density at radius 2 is 1.57 bits per heavy atom. The number of carbonyl (C=O) groups excluding carboxylic acids is 2. The Morgan fingerprint density at radius 1 is 0.857 bits per heavy atom. The number of unbranched alkanes of at least 4 members (excludes halogenated alkanes) is 1. The summed E-state index contributed by atoms with van der Waals surface area (Å²) in [6, 6.07) is 26.5. The van der Waals surface area contributed by atoms with Crippen molar-refractivity contribution >= 4 is 29.5 Å². The molecule has 0 saturated carbocycles. The van der Waals surface area contributed by atoms with Crippen LogP contribution < -0.4 is 10.8 Å². The summed E-state index contributed by atoms with van der Waals surface area (Å²) in [5.74, 6) is -1.14. The van der Waals surface area contributed by atoms with E-state index in [9.17, 15) is 24.6 Å². The maximum absolute atomic E-state index is 12.4. The monoisotopic (exact) mass is 685 g/mol. The summed E-state index contributed by atoms with van der Waals surface area (Å²) in [6.45, 7) is 0.292. The lowest BCUT2D eigenvalue weighted by Crippen LogP contribution is -2.31. The highest BCUT2D eigenvalue weighted by molar-refractivity contribution is 7.99. The Kier molecular flexibility index (Phi) is 12.9. The van der Waals surface area contributed by atoms with Gasteiger partial charge in [0.1, 0.15) is 5.03 Å². The molecule has 3 atom stereocenters. The number of aliphatic hydroxyl groups is 1. The summed E-state index contributed by atoms with van der Waals surface area (Å²) in [4.78, 5) is 39.6. The Bertz CT molecular complexity index is 1720. The number of hydroxylamine groups is 1. The first-order valence-electron chi connectivity index (χ1n) is 16.0. The van der Waals surface area contributed by atoms with E-state index >= 15 is 0 Å². The molecule has 2 heterocycles. The first-order valence-corrected chi connectivity index (χ1v) is 17.0. The van der Waals surface area contributed by atoms with E-state index in [1.807, 2.05) is 72.8 Å². The van der Waals surface area contributed by atoms with Gasteiger partial charge in [-0.1, -0.05) is 72.8 Å². The average molecular weight is 686 g/mol. The predicted octanol–water partition coefficient (Wildman–Crippen LogP) is 5.96. The number of amides is 2. The Morgan fingerprint density at radius 3 is 2.29 bits per heavy atom. The van der Waals surface area contributed by atoms with E-state index in [-0.39, 0.29) is 43.1 Å². The highest BCUT2D eigenvalue weighted by Crippen LogP contribution is 2.40. The second-order valence-electron chi connectivity index (χ2n) is 11.6. The molecule has 5 rings (SSSR count). The van der Waals surface area contributed by atoms with E-state index in [0.717, 1.165) is 33.4 Å². The number of carboxylic acids is 1. The fraction of sp³-hybridized carbons (Fsp3) is 0.297. The number of thioether (sulfide) groups is 1. The van der Waals surface area contributed by atoms with Crippen molar-refractivity contribution in [1.29, 1.82) is 0 Å². The molecule has 2 amide bonds. The third kappa shape index (κ3) is 9.97. The Balaban J connectivity index is 1.28. The van der Waals surface area contributed by atoms with Gasteiger partial charge in [0.05, 0.1) is 24.4 Å². The molecule has 1 saturated heterocycles. The number of carboxylic acid groups (broad SMARTS) is 1. The van der Waals surface area contributed by atoms with E-state index in [1.54, 1.807) is 17.7 Å². The van der Waals surface area contributed by atoms with Gasteiger partial charge in [0.15, 0.2) is 6.29 Å². The lowest BCUT2D eigenvalue weighted by atomic mass is 9.97. The molecule has 0 radical (unpaired) electrons. The van der Waals surface area contributed by atoms with Crippen LogP contribution in [0.4, 0.5) is 0 Å². The van der Waals surface area contributed by atoms with E-state index in [4.69, 9.17) is 14.7 Å². The molecular weight excluding hydrogens is 646 g/mol. The van der Waals surface area contributed by atoms with Crippen molar-refractivity contribution in [1.82, 2.24) is 15.8 Å². The second-order valence-corrected chi connectivity index (χ2v) is 12.6. The number of nitrogens with zero attached hydrogens (tertiary/aromatic N) is 1. The third-order valence-corrected chi connectivity index (χ3v) is 9.33. The fourth-order valence-corrected chi connectivity index (χ4v) is 6.55. The van der Waals surface area contributed by atoms with Gasteiger partial charge in [0.2, 0.25) is 11.8 Å². The molecule has 1 aliphatic heterocycles. The van der Waals surface area contributed by atoms with Crippen molar-refractivity contribution in [3.05, 3.63) is 119 Å². The van der Waals surface area contributed by atoms with Crippen LogP contribution in [-0.4, -0.2) is 50.0 Å². The first kappa shape index (κ1) is 35.7. The highest BCUT2D eigenvalue weighted by Gasteiger charge is 2.32. The molecule has 1 aliphatic rings. The van der Waals surface area contributed by atoms with Crippen LogP contribution in [0.15, 0.2) is 96.2 Å². The number of aliphatic hydroxyl groups excluding tert-OH is 1. The standard InChI is InChI=1S/C37H39N3O8S/c41-22-24-11-13-26(14-12-24)32-20-29(23-49-35-31(36(44)45)8-5-19-38-35)47-37(48-32)27-17-15-25(16-18-27)30-7-2-1-6-28(30)21-39-33(42)9-3-4-10-34(43)40-46/h1-2,5-8,11-19,29,32,37,41,46H,3-4,9-10,20-23H2,(H,39,42)(H,40,43)(H,44,45)/t29-,32+,37+/m0/s1. The summed E-state index contributed by atoms with van der Waals surface area (Å²) < 4.78 is 12.9. The smallest absolute Gasteiger partial charge is 0.338 e. The molecule has 49 heavy (non-hydrogen) atoms. The van der Waals surface area contributed by atoms with Crippen LogP contribution in [0.5, 0.6) is 0 Å². The molecule has 5 N–H and O–H groups in total. The number of nitrogens with one attached hydrogen (secondary N) is 2. The summed E-state index contributed by atoms with van der Waals surface area (Å²) in [5, 5.41) is 31.1. The van der Waals surface area contributed by atoms with Crippen molar-refractivity contribution in [2.24, 2.45) is 0 Å². The molecule has 12 heteroatoms. The van der Waals surface area contributed by atoms with Crippen LogP contribution in [0.2, 0.25) is 0 Å². The highest BCUT2D eigenvalue weighted by atomic mass is 32.2. The van der Waals surface area contributed by atoms with Gasteiger partial charge >= 0.3 is 5.97 Å². The van der Waals surface area contributed by atoms with E-state index in [1.165, 1.54) is 17.8 Å². The maximum atomic E-state index is 12.4. The number of aromatic nitrogens is 1. The number of carbonyl (C=O) groups is 3. The van der Waals surface area contributed by atoms with Crippen molar-refractivity contribution < 1.29 is 39.3 Å². The first-order chi connectivity index (χ1) is 23.8. The quantitative estimate of drug-likeness (QED) is 0.0436. The lowest BCUT2D eigenvalue weighted by molar-refractivity contribution is -0.245. The molecule has 1 fully saturated rings. The normalized spacial score (nSPS) is 17.3. The molecule has 1 aromatic heterocycles. The zero-order valence-electron chi connectivity index (χ0n) is 26.8. The summed E-state index contributed by atoms with van der Waals surface area (Å²) in [5.41, 5.74) is 7.19. The van der Waals surface area contributed by atoms with Crippen LogP contribution in [0.25, 0.3) is 11.1 Å². The maximum Gasteiger partial charge on any atom is 0.338 e. The molecule has 0 bridgehead atoms. The zero-order chi connectivity index (χ0) is 34.6. The fourth-order valence-electron chi connectivity index (χ4n) is 5.55. The van der Waals surface area contributed by atoms with Crippen LogP contribution in [0, 0.1) is 0 Å². The van der Waals surface area contributed by atoms with Crippen LogP contribution in [0.3, 0.4) is 0 Å². The van der Waals surface area contributed by atoms with E-state index < -0.39 is 18.2 Å².